The summed E-state index contributed by atoms with van der Waals surface area (Å²) in [5, 5.41) is 0. The maximum atomic E-state index is 2.55. The highest BCUT2D eigenvalue weighted by atomic mass is 15.1. The van der Waals surface area contributed by atoms with Crippen molar-refractivity contribution in [3.05, 3.63) is 83.9 Å². The molecule has 0 radical (unpaired) electrons. The van der Waals surface area contributed by atoms with Crippen LogP contribution in [0, 0.1) is 5.92 Å². The minimum absolute atomic E-state index is 0.683. The van der Waals surface area contributed by atoms with Crippen LogP contribution in [0.25, 0.3) is 0 Å². The first-order chi connectivity index (χ1) is 10.4. The van der Waals surface area contributed by atoms with E-state index in [0.717, 1.165) is 13.1 Å². The van der Waals surface area contributed by atoms with Gasteiger partial charge in [-0.1, -0.05) is 72.8 Å². The standard InChI is InChI=1S/C20H23N/c1-3-8-18(9-4-1)13-14-20-12-7-15-21(17-20)16-19-10-5-2-6-11-19/h1-12,20H,13-17H2/t20-/m0/s1. The molecule has 0 bridgehead atoms. The summed E-state index contributed by atoms with van der Waals surface area (Å²) in [4.78, 5) is 2.55. The van der Waals surface area contributed by atoms with Gasteiger partial charge in [0.2, 0.25) is 0 Å². The highest BCUT2D eigenvalue weighted by Crippen LogP contribution is 2.18. The van der Waals surface area contributed by atoms with Gasteiger partial charge in [-0.25, -0.2) is 0 Å². The molecule has 21 heavy (non-hydrogen) atoms. The molecule has 2 aromatic carbocycles. The Hall–Kier alpha value is -1.86. The van der Waals surface area contributed by atoms with Gasteiger partial charge in [0.05, 0.1) is 0 Å². The van der Waals surface area contributed by atoms with Gasteiger partial charge in [-0.3, -0.25) is 4.90 Å². The van der Waals surface area contributed by atoms with Crippen LogP contribution in [0.4, 0.5) is 0 Å². The van der Waals surface area contributed by atoms with Gasteiger partial charge in [-0.05, 0) is 29.9 Å². The molecule has 1 heterocycles. The molecule has 1 nitrogen and oxygen atoms in total. The lowest BCUT2D eigenvalue weighted by Crippen LogP contribution is -2.32. The molecule has 0 saturated carbocycles. The Balaban J connectivity index is 1.51. The van der Waals surface area contributed by atoms with E-state index in [-0.39, 0.29) is 0 Å². The summed E-state index contributed by atoms with van der Waals surface area (Å²) in [5.41, 5.74) is 2.86. The fourth-order valence-electron chi connectivity index (χ4n) is 3.02. The summed E-state index contributed by atoms with van der Waals surface area (Å²) in [6, 6.07) is 21.6. The molecule has 0 aliphatic carbocycles. The monoisotopic (exact) mass is 277 g/mol. The van der Waals surface area contributed by atoms with Crippen molar-refractivity contribution in [3.8, 4) is 0 Å². The molecular weight excluding hydrogens is 254 g/mol. The lowest BCUT2D eigenvalue weighted by Gasteiger charge is -2.29. The molecule has 0 amide bonds. The van der Waals surface area contributed by atoms with Crippen LogP contribution in [0.1, 0.15) is 17.5 Å². The molecule has 0 N–H and O–H groups in total. The second-order valence-corrected chi connectivity index (χ2v) is 5.89. The molecule has 0 spiro atoms. The van der Waals surface area contributed by atoms with E-state index < -0.39 is 0 Å². The van der Waals surface area contributed by atoms with Gasteiger partial charge in [0, 0.05) is 19.6 Å². The van der Waals surface area contributed by atoms with Crippen LogP contribution in [0.15, 0.2) is 72.8 Å². The Morgan fingerprint density at radius 2 is 1.52 bits per heavy atom. The van der Waals surface area contributed by atoms with Crippen molar-refractivity contribution >= 4 is 0 Å². The van der Waals surface area contributed by atoms with Gasteiger partial charge in [-0.15, -0.1) is 0 Å². The summed E-state index contributed by atoms with van der Waals surface area (Å²) < 4.78 is 0. The first-order valence-electron chi connectivity index (χ1n) is 7.87. The Bertz CT molecular complexity index is 559. The second-order valence-electron chi connectivity index (χ2n) is 5.89. The fourth-order valence-corrected chi connectivity index (χ4v) is 3.02. The van der Waals surface area contributed by atoms with E-state index in [1.807, 2.05) is 0 Å². The van der Waals surface area contributed by atoms with Gasteiger partial charge in [-0.2, -0.15) is 0 Å². The zero-order valence-corrected chi connectivity index (χ0v) is 12.5. The Kier molecular flexibility index (Phi) is 4.86. The van der Waals surface area contributed by atoms with Gasteiger partial charge < -0.3 is 0 Å². The molecule has 3 rings (SSSR count). The Morgan fingerprint density at radius 3 is 2.24 bits per heavy atom. The molecular formula is C20H23N. The Morgan fingerprint density at radius 1 is 0.857 bits per heavy atom. The molecule has 1 heteroatoms. The molecule has 1 aliphatic heterocycles. The number of aryl methyl sites for hydroxylation is 1. The van der Waals surface area contributed by atoms with Gasteiger partial charge in [0.25, 0.3) is 0 Å². The first-order valence-corrected chi connectivity index (χ1v) is 7.87. The number of benzene rings is 2. The summed E-state index contributed by atoms with van der Waals surface area (Å²) in [6.07, 6.45) is 7.16. The van der Waals surface area contributed by atoms with E-state index in [0.29, 0.717) is 5.92 Å². The minimum Gasteiger partial charge on any atom is -0.295 e. The molecule has 0 saturated heterocycles. The summed E-state index contributed by atoms with van der Waals surface area (Å²) in [5.74, 6) is 0.683. The molecule has 2 aromatic rings. The summed E-state index contributed by atoms with van der Waals surface area (Å²) in [6.45, 7) is 3.32. The molecule has 108 valence electrons. The van der Waals surface area contributed by atoms with E-state index >= 15 is 0 Å². The van der Waals surface area contributed by atoms with Crippen LogP contribution in [0.5, 0.6) is 0 Å². The zero-order valence-electron chi connectivity index (χ0n) is 12.5. The highest BCUT2D eigenvalue weighted by Gasteiger charge is 2.15. The summed E-state index contributed by atoms with van der Waals surface area (Å²) >= 11 is 0. The zero-order chi connectivity index (χ0) is 14.3. The van der Waals surface area contributed by atoms with Crippen molar-refractivity contribution in [1.82, 2.24) is 4.90 Å². The van der Waals surface area contributed by atoms with Gasteiger partial charge >= 0.3 is 0 Å². The average Bonchev–Trinajstić information content (AvgIpc) is 2.55. The molecule has 0 unspecified atom stereocenters. The highest BCUT2D eigenvalue weighted by molar-refractivity contribution is 5.16. The largest absolute Gasteiger partial charge is 0.295 e. The topological polar surface area (TPSA) is 3.24 Å². The van der Waals surface area contributed by atoms with E-state index in [2.05, 4.69) is 77.7 Å². The third-order valence-electron chi connectivity index (χ3n) is 4.16. The molecule has 1 aliphatic rings. The van der Waals surface area contributed by atoms with E-state index in [1.165, 1.54) is 30.5 Å². The lowest BCUT2D eigenvalue weighted by atomic mass is 9.96. The third kappa shape index (κ3) is 4.30. The third-order valence-corrected chi connectivity index (χ3v) is 4.16. The van der Waals surface area contributed by atoms with Crippen LogP contribution in [-0.2, 0) is 13.0 Å². The smallest absolute Gasteiger partial charge is 0.0237 e. The molecule has 1 atom stereocenters. The van der Waals surface area contributed by atoms with Gasteiger partial charge in [0.1, 0.15) is 0 Å². The van der Waals surface area contributed by atoms with Crippen molar-refractivity contribution in [1.29, 1.82) is 0 Å². The molecule has 0 aromatic heterocycles. The predicted octanol–water partition coefficient (Wildman–Crippen LogP) is 4.31. The van der Waals surface area contributed by atoms with Gasteiger partial charge in [0.15, 0.2) is 0 Å². The van der Waals surface area contributed by atoms with Crippen molar-refractivity contribution < 1.29 is 0 Å². The number of rotatable bonds is 5. The van der Waals surface area contributed by atoms with E-state index in [4.69, 9.17) is 0 Å². The van der Waals surface area contributed by atoms with Crippen molar-refractivity contribution in [2.24, 2.45) is 5.92 Å². The average molecular weight is 277 g/mol. The first kappa shape index (κ1) is 14.1. The van der Waals surface area contributed by atoms with Crippen LogP contribution < -0.4 is 0 Å². The van der Waals surface area contributed by atoms with Crippen molar-refractivity contribution in [2.45, 2.75) is 19.4 Å². The van der Waals surface area contributed by atoms with Crippen LogP contribution in [-0.4, -0.2) is 18.0 Å². The number of hydrogen-bond donors (Lipinski definition) is 0. The van der Waals surface area contributed by atoms with Crippen molar-refractivity contribution in [3.63, 3.8) is 0 Å². The van der Waals surface area contributed by atoms with Crippen LogP contribution in [0.2, 0.25) is 0 Å². The lowest BCUT2D eigenvalue weighted by molar-refractivity contribution is 0.246. The van der Waals surface area contributed by atoms with Crippen LogP contribution in [0.3, 0.4) is 0 Å². The SMILES string of the molecule is C1=C[C@@H](CCc2ccccc2)CN(Cc2ccccc2)C1. The van der Waals surface area contributed by atoms with Crippen molar-refractivity contribution in [2.75, 3.05) is 13.1 Å². The maximum absolute atomic E-state index is 2.55. The number of nitrogens with zero attached hydrogens (tertiary/aromatic N) is 1. The minimum atomic E-state index is 0.683. The van der Waals surface area contributed by atoms with E-state index in [1.54, 1.807) is 0 Å². The van der Waals surface area contributed by atoms with E-state index in [9.17, 15) is 0 Å². The quantitative estimate of drug-likeness (QED) is 0.736. The Labute approximate surface area is 127 Å². The second kappa shape index (κ2) is 7.24. The molecule has 0 fully saturated rings. The predicted molar refractivity (Wildman–Crippen MR) is 89.1 cm³/mol. The maximum Gasteiger partial charge on any atom is 0.0237 e. The summed E-state index contributed by atoms with van der Waals surface area (Å²) in [7, 11) is 0. The van der Waals surface area contributed by atoms with Crippen LogP contribution >= 0.6 is 0 Å². The number of hydrogen-bond acceptors (Lipinski definition) is 1. The fraction of sp³-hybridized carbons (Fsp3) is 0.300. The normalized spacial score (nSPS) is 18.8.